The van der Waals surface area contributed by atoms with E-state index in [1.807, 2.05) is 60.7 Å². The first kappa shape index (κ1) is 54.4. The van der Waals surface area contributed by atoms with Crippen molar-refractivity contribution in [3.05, 3.63) is 175 Å². The number of hydrogen-bond donors (Lipinski definition) is 3. The molecule has 4 aromatic carbocycles. The predicted octanol–water partition coefficient (Wildman–Crippen LogP) is 11.6. The first-order chi connectivity index (χ1) is 33.5. The first-order valence-electron chi connectivity index (χ1n) is 24.5. The van der Waals surface area contributed by atoms with E-state index in [1.54, 1.807) is 6.92 Å². The van der Waals surface area contributed by atoms with Crippen LogP contribution in [-0.2, 0) is 0 Å². The number of aromatic nitrogens is 4. The summed E-state index contributed by atoms with van der Waals surface area (Å²) >= 11 is 0. The van der Waals surface area contributed by atoms with Gasteiger partial charge in [-0.15, -0.1) is 0 Å². The molecule has 0 atom stereocenters. The summed E-state index contributed by atoms with van der Waals surface area (Å²) in [5, 5.41) is 7.57. The zero-order valence-electron chi connectivity index (χ0n) is 42.3. The van der Waals surface area contributed by atoms with Gasteiger partial charge in [0.15, 0.2) is 0 Å². The summed E-state index contributed by atoms with van der Waals surface area (Å²) in [5.74, 6) is 0. The van der Waals surface area contributed by atoms with Crippen molar-refractivity contribution in [3.8, 4) is 0 Å². The predicted molar refractivity (Wildman–Crippen MR) is 298 cm³/mol. The highest BCUT2D eigenvalue weighted by Gasteiger charge is 2.05. The molecular formula is C58H74N8O3. The van der Waals surface area contributed by atoms with Crippen molar-refractivity contribution in [2.45, 2.75) is 62.3 Å². The third-order valence-corrected chi connectivity index (χ3v) is 11.5. The molecule has 6 aromatic rings. The van der Waals surface area contributed by atoms with E-state index in [4.69, 9.17) is 5.11 Å². The molecule has 0 spiro atoms. The number of H-pyrrole nitrogens is 2. The van der Waals surface area contributed by atoms with Crippen molar-refractivity contribution in [2.24, 2.45) is 0 Å². The van der Waals surface area contributed by atoms with Crippen LogP contribution in [0, 0.1) is 0 Å². The molecule has 364 valence electrons. The number of hydrogen-bond acceptors (Lipinski definition) is 9. The third kappa shape index (κ3) is 17.7. The molecule has 0 radical (unpaired) electrons. The Kier molecular flexibility index (Phi) is 23.2. The maximum atomic E-state index is 12.1. The topological polar surface area (TPSA) is 125 Å². The van der Waals surface area contributed by atoms with Gasteiger partial charge in [0.1, 0.15) is 0 Å². The summed E-state index contributed by atoms with van der Waals surface area (Å²) < 4.78 is 0. The van der Waals surface area contributed by atoms with Crippen LogP contribution in [0.1, 0.15) is 107 Å². The number of benzene rings is 4. The number of aliphatic hydroxyl groups excluding tert-OH is 1. The standard InChI is InChI=1S/2C28H34N4O.C2H6O/c2*1-5-31(6-2)26-17-11-22(12-18-26)9-15-24-21-25(30-28(33)29-24)16-10-23-13-19-27(20-14-23)32(7-3)8-4;1-2-3/h2*9-21H,5-8H2,1-4H3,(H,29,30,33);3H,2H2,1H3/b2*15-9+,16-10+;. The van der Waals surface area contributed by atoms with Crippen LogP contribution in [0.5, 0.6) is 0 Å². The Morgan fingerprint density at radius 2 is 0.594 bits per heavy atom. The minimum atomic E-state index is -0.356. The Balaban J connectivity index is 0.000000284. The smallest absolute Gasteiger partial charge is 0.345 e. The molecule has 3 N–H and O–H groups in total. The van der Waals surface area contributed by atoms with Gasteiger partial charge >= 0.3 is 11.4 Å². The van der Waals surface area contributed by atoms with Crippen molar-refractivity contribution < 1.29 is 5.11 Å². The number of rotatable bonds is 20. The molecule has 0 saturated carbocycles. The molecule has 0 fully saturated rings. The van der Waals surface area contributed by atoms with Gasteiger partial charge in [-0.1, -0.05) is 72.8 Å². The molecule has 0 aliphatic heterocycles. The SMILES string of the molecule is CCN(CC)c1ccc(/C=C/c2cc(/C=C/c3ccc(N(CC)CC)cc3)[nH]c(=O)n2)cc1.CCN(CC)c1ccc(/C=C/c2cc(/C=C/c3ccc(N(CC)CC)cc3)[nH]c(=O)n2)cc1.CCO. The van der Waals surface area contributed by atoms with Crippen molar-refractivity contribution in [1.82, 2.24) is 19.9 Å². The van der Waals surface area contributed by atoms with E-state index in [9.17, 15) is 9.59 Å². The second-order valence-electron chi connectivity index (χ2n) is 15.8. The van der Waals surface area contributed by atoms with E-state index in [1.165, 1.54) is 22.7 Å². The van der Waals surface area contributed by atoms with E-state index < -0.39 is 0 Å². The number of nitrogens with one attached hydrogen (secondary N) is 2. The lowest BCUT2D eigenvalue weighted by atomic mass is 10.1. The Morgan fingerprint density at radius 3 is 0.812 bits per heavy atom. The van der Waals surface area contributed by atoms with Crippen LogP contribution in [0.3, 0.4) is 0 Å². The Labute approximate surface area is 410 Å². The lowest BCUT2D eigenvalue weighted by Gasteiger charge is -2.20. The molecule has 0 unspecified atom stereocenters. The summed E-state index contributed by atoms with van der Waals surface area (Å²) in [6.07, 6.45) is 15.5. The molecule has 2 aromatic heterocycles. The molecule has 69 heavy (non-hydrogen) atoms. The average molecular weight is 931 g/mol. The summed E-state index contributed by atoms with van der Waals surface area (Å²) in [6, 6.07) is 37.4. The van der Waals surface area contributed by atoms with Gasteiger partial charge in [-0.25, -0.2) is 9.59 Å². The Bertz CT molecular complexity index is 2270. The molecule has 0 amide bonds. The highest BCUT2D eigenvalue weighted by Crippen LogP contribution is 2.20. The summed E-state index contributed by atoms with van der Waals surface area (Å²) in [7, 11) is 0. The fourth-order valence-electron chi connectivity index (χ4n) is 7.62. The maximum absolute atomic E-state index is 12.1. The summed E-state index contributed by atoms with van der Waals surface area (Å²) in [5.41, 5.74) is 11.1. The first-order valence-corrected chi connectivity index (χ1v) is 24.5. The number of anilines is 4. The molecule has 6 rings (SSSR count). The summed E-state index contributed by atoms with van der Waals surface area (Å²) in [6.45, 7) is 27.1. The van der Waals surface area contributed by atoms with Crippen molar-refractivity contribution in [2.75, 3.05) is 78.6 Å². The molecule has 0 aliphatic carbocycles. The van der Waals surface area contributed by atoms with Crippen LogP contribution in [-0.4, -0.2) is 84.0 Å². The normalized spacial score (nSPS) is 11.2. The number of nitrogens with zero attached hydrogens (tertiary/aromatic N) is 6. The lowest BCUT2D eigenvalue weighted by Crippen LogP contribution is -2.21. The van der Waals surface area contributed by atoms with E-state index >= 15 is 0 Å². The monoisotopic (exact) mass is 931 g/mol. The van der Waals surface area contributed by atoms with Crippen LogP contribution in [0.25, 0.3) is 48.6 Å². The maximum Gasteiger partial charge on any atom is 0.345 e. The zero-order chi connectivity index (χ0) is 50.0. The number of aromatic amines is 2. The van der Waals surface area contributed by atoms with Gasteiger partial charge < -0.3 is 34.7 Å². The van der Waals surface area contributed by atoms with E-state index in [2.05, 4.69) is 192 Å². The number of aliphatic hydroxyl groups is 1. The van der Waals surface area contributed by atoms with E-state index in [0.29, 0.717) is 11.4 Å². The van der Waals surface area contributed by atoms with Crippen molar-refractivity contribution in [3.63, 3.8) is 0 Å². The molecule has 0 aliphatic rings. The largest absolute Gasteiger partial charge is 0.397 e. The molecule has 11 heteroatoms. The van der Waals surface area contributed by atoms with Gasteiger partial charge in [-0.05, 0) is 170 Å². The second-order valence-corrected chi connectivity index (χ2v) is 15.8. The molecular weight excluding hydrogens is 857 g/mol. The molecule has 2 heterocycles. The van der Waals surface area contributed by atoms with Gasteiger partial charge in [-0.3, -0.25) is 0 Å². The lowest BCUT2D eigenvalue weighted by molar-refractivity contribution is 0.318. The van der Waals surface area contributed by atoms with E-state index in [0.717, 1.165) is 86.0 Å². The molecule has 11 nitrogen and oxygen atoms in total. The minimum absolute atomic E-state index is 0.250. The van der Waals surface area contributed by atoms with Crippen molar-refractivity contribution in [1.29, 1.82) is 0 Å². The Hall–Kier alpha value is -7.24. The average Bonchev–Trinajstić information content (AvgIpc) is 3.37. The van der Waals surface area contributed by atoms with Gasteiger partial charge in [-0.2, -0.15) is 9.97 Å². The van der Waals surface area contributed by atoms with Crippen LogP contribution in [0.4, 0.5) is 22.7 Å². The van der Waals surface area contributed by atoms with Crippen LogP contribution >= 0.6 is 0 Å². The van der Waals surface area contributed by atoms with Crippen molar-refractivity contribution >= 4 is 71.4 Å². The third-order valence-electron chi connectivity index (χ3n) is 11.5. The van der Waals surface area contributed by atoms with Gasteiger partial charge in [0.2, 0.25) is 0 Å². The van der Waals surface area contributed by atoms with Crippen LogP contribution in [0.15, 0.2) is 119 Å². The van der Waals surface area contributed by atoms with Gasteiger partial charge in [0.05, 0.1) is 11.4 Å². The van der Waals surface area contributed by atoms with Crippen LogP contribution in [0.2, 0.25) is 0 Å². The van der Waals surface area contributed by atoms with Crippen LogP contribution < -0.4 is 31.0 Å². The quantitative estimate of drug-likeness (QED) is 0.0686. The fraction of sp³-hybridized carbons (Fsp3) is 0.310. The fourth-order valence-corrected chi connectivity index (χ4v) is 7.62. The highest BCUT2D eigenvalue weighted by molar-refractivity contribution is 5.74. The summed E-state index contributed by atoms with van der Waals surface area (Å²) in [4.78, 5) is 47.1. The zero-order valence-corrected chi connectivity index (χ0v) is 42.3. The van der Waals surface area contributed by atoms with Gasteiger partial charge in [0, 0.05) is 93.1 Å². The van der Waals surface area contributed by atoms with E-state index in [-0.39, 0.29) is 18.0 Å². The second kappa shape index (κ2) is 29.5. The highest BCUT2D eigenvalue weighted by atomic mass is 16.2. The minimum Gasteiger partial charge on any atom is -0.397 e. The van der Waals surface area contributed by atoms with Gasteiger partial charge in [0.25, 0.3) is 0 Å². The molecule has 0 saturated heterocycles. The molecule has 0 bridgehead atoms. The Morgan fingerprint density at radius 1 is 0.377 bits per heavy atom.